The number of rotatable bonds is 1. The summed E-state index contributed by atoms with van der Waals surface area (Å²) in [7, 11) is 0. The molecule has 0 aromatic heterocycles. The van der Waals surface area contributed by atoms with E-state index >= 15 is 0 Å². The lowest BCUT2D eigenvalue weighted by Gasteiger charge is -2.19. The SMILES string of the molecule is CCN1C=CC[C@H]1C. The van der Waals surface area contributed by atoms with Crippen LogP contribution in [0.2, 0.25) is 0 Å². The molecule has 0 fully saturated rings. The zero-order valence-corrected chi connectivity index (χ0v) is 5.59. The molecule has 1 aliphatic heterocycles. The number of nitrogens with zero attached hydrogens (tertiary/aromatic N) is 1. The smallest absolute Gasteiger partial charge is 0.0290 e. The maximum Gasteiger partial charge on any atom is 0.0290 e. The molecule has 0 aromatic carbocycles. The second-order valence-electron chi connectivity index (χ2n) is 2.30. The standard InChI is InChI=1S/C7H13N/c1-3-8-6-4-5-7(8)2/h4,6-7H,3,5H2,1-2H3/t7-/m1/s1. The van der Waals surface area contributed by atoms with Crippen molar-refractivity contribution in [3.05, 3.63) is 12.3 Å². The first kappa shape index (κ1) is 5.67. The van der Waals surface area contributed by atoms with Gasteiger partial charge in [0.25, 0.3) is 0 Å². The van der Waals surface area contributed by atoms with Gasteiger partial charge in [-0.3, -0.25) is 0 Å². The van der Waals surface area contributed by atoms with Crippen molar-refractivity contribution in [1.82, 2.24) is 4.90 Å². The molecule has 0 bridgehead atoms. The van der Waals surface area contributed by atoms with Crippen LogP contribution in [0.15, 0.2) is 12.3 Å². The summed E-state index contributed by atoms with van der Waals surface area (Å²) < 4.78 is 0. The Kier molecular flexibility index (Phi) is 1.56. The fraction of sp³-hybridized carbons (Fsp3) is 0.714. The van der Waals surface area contributed by atoms with E-state index in [4.69, 9.17) is 0 Å². The zero-order chi connectivity index (χ0) is 5.98. The van der Waals surface area contributed by atoms with Crippen molar-refractivity contribution >= 4 is 0 Å². The van der Waals surface area contributed by atoms with E-state index in [1.54, 1.807) is 0 Å². The molecule has 0 saturated carbocycles. The molecule has 0 aromatic rings. The van der Waals surface area contributed by atoms with Gasteiger partial charge in [0.1, 0.15) is 0 Å². The van der Waals surface area contributed by atoms with Gasteiger partial charge in [0.05, 0.1) is 0 Å². The molecule has 0 spiro atoms. The van der Waals surface area contributed by atoms with Gasteiger partial charge in [-0.25, -0.2) is 0 Å². The van der Waals surface area contributed by atoms with Gasteiger partial charge in [-0.2, -0.15) is 0 Å². The van der Waals surface area contributed by atoms with Crippen LogP contribution in [0, 0.1) is 0 Å². The van der Waals surface area contributed by atoms with E-state index < -0.39 is 0 Å². The second kappa shape index (κ2) is 2.21. The summed E-state index contributed by atoms with van der Waals surface area (Å²) in [6.07, 6.45) is 5.65. The normalized spacial score (nSPS) is 27.2. The maximum atomic E-state index is 2.35. The third kappa shape index (κ3) is 0.857. The minimum atomic E-state index is 0.750. The molecule has 0 N–H and O–H groups in total. The summed E-state index contributed by atoms with van der Waals surface area (Å²) in [5.74, 6) is 0. The second-order valence-corrected chi connectivity index (χ2v) is 2.30. The highest BCUT2D eigenvalue weighted by Crippen LogP contribution is 2.11. The highest BCUT2D eigenvalue weighted by atomic mass is 15.1. The monoisotopic (exact) mass is 111 g/mol. The molecule has 1 atom stereocenters. The Hall–Kier alpha value is -0.460. The fourth-order valence-electron chi connectivity index (χ4n) is 1.09. The first-order valence-electron chi connectivity index (χ1n) is 3.27. The van der Waals surface area contributed by atoms with E-state index in [0.717, 1.165) is 12.6 Å². The number of hydrogen-bond donors (Lipinski definition) is 0. The molecular weight excluding hydrogens is 98.1 g/mol. The van der Waals surface area contributed by atoms with Gasteiger partial charge in [0.2, 0.25) is 0 Å². The lowest BCUT2D eigenvalue weighted by Crippen LogP contribution is -2.22. The summed E-state index contributed by atoms with van der Waals surface area (Å²) in [6.45, 7) is 5.59. The third-order valence-corrected chi connectivity index (χ3v) is 1.71. The summed E-state index contributed by atoms with van der Waals surface area (Å²) in [6, 6.07) is 0.750. The Balaban J connectivity index is 2.41. The minimum absolute atomic E-state index is 0.750. The quantitative estimate of drug-likeness (QED) is 0.497. The van der Waals surface area contributed by atoms with Gasteiger partial charge in [-0.05, 0) is 26.5 Å². The van der Waals surface area contributed by atoms with E-state index in [9.17, 15) is 0 Å². The van der Waals surface area contributed by atoms with Gasteiger partial charge in [-0.15, -0.1) is 0 Å². The van der Waals surface area contributed by atoms with Crippen LogP contribution < -0.4 is 0 Å². The van der Waals surface area contributed by atoms with Gasteiger partial charge < -0.3 is 4.90 Å². The van der Waals surface area contributed by atoms with E-state index in [1.165, 1.54) is 6.42 Å². The lowest BCUT2D eigenvalue weighted by molar-refractivity contribution is 0.334. The van der Waals surface area contributed by atoms with E-state index in [-0.39, 0.29) is 0 Å². The van der Waals surface area contributed by atoms with Crippen molar-refractivity contribution in [3.63, 3.8) is 0 Å². The van der Waals surface area contributed by atoms with Crippen LogP contribution in [0.4, 0.5) is 0 Å². The number of hydrogen-bond acceptors (Lipinski definition) is 1. The predicted octanol–water partition coefficient (Wildman–Crippen LogP) is 1.61. The molecule has 1 rings (SSSR count). The van der Waals surface area contributed by atoms with E-state index in [2.05, 4.69) is 31.0 Å². The van der Waals surface area contributed by atoms with Gasteiger partial charge in [0.15, 0.2) is 0 Å². The molecule has 0 aliphatic carbocycles. The molecule has 46 valence electrons. The van der Waals surface area contributed by atoms with Crippen LogP contribution in [0.25, 0.3) is 0 Å². The van der Waals surface area contributed by atoms with Crippen molar-refractivity contribution in [1.29, 1.82) is 0 Å². The third-order valence-electron chi connectivity index (χ3n) is 1.71. The van der Waals surface area contributed by atoms with Gasteiger partial charge >= 0.3 is 0 Å². The Labute approximate surface area is 51.0 Å². The minimum Gasteiger partial charge on any atom is -0.375 e. The summed E-state index contributed by atoms with van der Waals surface area (Å²) in [5, 5.41) is 0. The predicted molar refractivity (Wildman–Crippen MR) is 35.6 cm³/mol. The first-order valence-corrected chi connectivity index (χ1v) is 3.27. The molecule has 1 nitrogen and oxygen atoms in total. The molecular formula is C7H13N. The molecule has 1 aliphatic rings. The van der Waals surface area contributed by atoms with E-state index in [0.29, 0.717) is 0 Å². The molecule has 0 amide bonds. The molecule has 1 heteroatoms. The van der Waals surface area contributed by atoms with E-state index in [1.807, 2.05) is 0 Å². The van der Waals surface area contributed by atoms with Crippen molar-refractivity contribution < 1.29 is 0 Å². The van der Waals surface area contributed by atoms with Crippen LogP contribution in [0.3, 0.4) is 0 Å². The Morgan fingerprint density at radius 3 is 2.75 bits per heavy atom. The van der Waals surface area contributed by atoms with Crippen LogP contribution in [-0.2, 0) is 0 Å². The maximum absolute atomic E-state index is 2.35. The Morgan fingerprint density at radius 2 is 2.50 bits per heavy atom. The fourth-order valence-corrected chi connectivity index (χ4v) is 1.09. The van der Waals surface area contributed by atoms with Gasteiger partial charge in [-0.1, -0.05) is 6.08 Å². The topological polar surface area (TPSA) is 3.24 Å². The van der Waals surface area contributed by atoms with Crippen LogP contribution >= 0.6 is 0 Å². The highest BCUT2D eigenvalue weighted by molar-refractivity contribution is 4.95. The van der Waals surface area contributed by atoms with Crippen LogP contribution in [0.5, 0.6) is 0 Å². The largest absolute Gasteiger partial charge is 0.375 e. The molecule has 8 heavy (non-hydrogen) atoms. The van der Waals surface area contributed by atoms with Crippen molar-refractivity contribution in [2.24, 2.45) is 0 Å². The van der Waals surface area contributed by atoms with Crippen LogP contribution in [0.1, 0.15) is 20.3 Å². The summed E-state index contributed by atoms with van der Waals surface area (Å²) in [5.41, 5.74) is 0. The Morgan fingerprint density at radius 1 is 1.75 bits per heavy atom. The summed E-state index contributed by atoms with van der Waals surface area (Å²) in [4.78, 5) is 2.35. The molecule has 0 radical (unpaired) electrons. The molecule has 0 unspecified atom stereocenters. The zero-order valence-electron chi connectivity index (χ0n) is 5.59. The lowest BCUT2D eigenvalue weighted by atomic mass is 10.3. The summed E-state index contributed by atoms with van der Waals surface area (Å²) >= 11 is 0. The van der Waals surface area contributed by atoms with Crippen molar-refractivity contribution in [2.75, 3.05) is 6.54 Å². The average Bonchev–Trinajstić information content (AvgIpc) is 2.14. The first-order chi connectivity index (χ1) is 3.84. The van der Waals surface area contributed by atoms with Crippen molar-refractivity contribution in [2.45, 2.75) is 26.3 Å². The van der Waals surface area contributed by atoms with Crippen LogP contribution in [-0.4, -0.2) is 17.5 Å². The van der Waals surface area contributed by atoms with Crippen molar-refractivity contribution in [3.8, 4) is 0 Å². The Bertz CT molecular complexity index is 96.6. The van der Waals surface area contributed by atoms with Gasteiger partial charge in [0, 0.05) is 12.6 Å². The molecule has 1 heterocycles. The average molecular weight is 111 g/mol. The molecule has 0 saturated heterocycles. The highest BCUT2D eigenvalue weighted by Gasteiger charge is 2.09.